The van der Waals surface area contributed by atoms with Gasteiger partial charge < -0.3 is 9.84 Å². The van der Waals surface area contributed by atoms with Crippen LogP contribution in [0.15, 0.2) is 42.5 Å². The van der Waals surface area contributed by atoms with Crippen LogP contribution < -0.4 is 4.74 Å². The van der Waals surface area contributed by atoms with Crippen LogP contribution in [0.2, 0.25) is 0 Å². The lowest BCUT2D eigenvalue weighted by atomic mass is 10.0. The molecule has 0 aliphatic heterocycles. The molecule has 5 nitrogen and oxygen atoms in total. The summed E-state index contributed by atoms with van der Waals surface area (Å²) in [6, 6.07) is 11.8. The molecular weight excluding hydrogens is 270 g/mol. The molecule has 2 aromatic rings. The van der Waals surface area contributed by atoms with Crippen LogP contribution in [0.1, 0.15) is 30.9 Å². The molecule has 0 aromatic heterocycles. The first-order valence-corrected chi connectivity index (χ1v) is 6.68. The number of aliphatic hydroxyl groups is 1. The summed E-state index contributed by atoms with van der Waals surface area (Å²) < 4.78 is 5.84. The van der Waals surface area contributed by atoms with Gasteiger partial charge in [0.15, 0.2) is 0 Å². The fourth-order valence-electron chi connectivity index (χ4n) is 2.07. The minimum atomic E-state index is -0.495. The van der Waals surface area contributed by atoms with Crippen molar-refractivity contribution in [3.05, 3.63) is 63.7 Å². The minimum Gasteiger partial charge on any atom is -0.457 e. The molecule has 0 aliphatic carbocycles. The van der Waals surface area contributed by atoms with Crippen LogP contribution in [0, 0.1) is 10.1 Å². The summed E-state index contributed by atoms with van der Waals surface area (Å²) in [4.78, 5) is 10.3. The van der Waals surface area contributed by atoms with E-state index in [1.807, 2.05) is 24.3 Å². The Morgan fingerprint density at radius 3 is 2.52 bits per heavy atom. The number of ether oxygens (including phenoxy) is 1. The molecule has 2 aromatic carbocycles. The van der Waals surface area contributed by atoms with Crippen molar-refractivity contribution in [1.29, 1.82) is 0 Å². The third-order valence-electron chi connectivity index (χ3n) is 3.19. The van der Waals surface area contributed by atoms with Gasteiger partial charge in [-0.05, 0) is 23.6 Å². The van der Waals surface area contributed by atoms with Gasteiger partial charge in [0.25, 0.3) is 5.69 Å². The zero-order chi connectivity index (χ0) is 15.4. The molecule has 0 bridgehead atoms. The molecule has 0 heterocycles. The fraction of sp³-hybridized carbons (Fsp3) is 0.250. The van der Waals surface area contributed by atoms with Gasteiger partial charge in [0.2, 0.25) is 0 Å². The maximum atomic E-state index is 10.8. The van der Waals surface area contributed by atoms with E-state index in [2.05, 4.69) is 13.8 Å². The van der Waals surface area contributed by atoms with Gasteiger partial charge in [-0.1, -0.05) is 32.0 Å². The predicted octanol–water partition coefficient (Wildman–Crippen LogP) is 4.00. The number of para-hydroxylation sites is 1. The molecule has 0 saturated heterocycles. The first-order chi connectivity index (χ1) is 10.0. The average Bonchev–Trinajstić information content (AvgIpc) is 2.47. The number of non-ortho nitro benzene ring substituents is 1. The van der Waals surface area contributed by atoms with Gasteiger partial charge in [0.05, 0.1) is 11.5 Å². The number of nitrogens with zero attached hydrogens (tertiary/aromatic N) is 1. The van der Waals surface area contributed by atoms with Crippen LogP contribution in [0.4, 0.5) is 5.69 Å². The number of nitro benzene ring substituents is 1. The number of nitro groups is 1. The van der Waals surface area contributed by atoms with E-state index in [0.29, 0.717) is 17.1 Å². The Bertz CT molecular complexity index is 652. The number of hydrogen-bond donors (Lipinski definition) is 1. The Hall–Kier alpha value is -2.40. The van der Waals surface area contributed by atoms with Crippen LogP contribution >= 0.6 is 0 Å². The van der Waals surface area contributed by atoms with Crippen molar-refractivity contribution >= 4 is 5.69 Å². The van der Waals surface area contributed by atoms with Gasteiger partial charge in [-0.2, -0.15) is 0 Å². The van der Waals surface area contributed by atoms with E-state index in [0.717, 1.165) is 5.56 Å². The third-order valence-corrected chi connectivity index (χ3v) is 3.19. The van der Waals surface area contributed by atoms with Crippen LogP contribution in [-0.2, 0) is 6.61 Å². The lowest BCUT2D eigenvalue weighted by Crippen LogP contribution is -1.98. The lowest BCUT2D eigenvalue weighted by molar-refractivity contribution is -0.385. The number of aliphatic hydroxyl groups excluding tert-OH is 1. The highest BCUT2D eigenvalue weighted by atomic mass is 16.6. The smallest absolute Gasteiger partial charge is 0.270 e. The second-order valence-corrected chi connectivity index (χ2v) is 5.00. The molecule has 2 rings (SSSR count). The van der Waals surface area contributed by atoms with Gasteiger partial charge in [0.1, 0.15) is 11.5 Å². The Labute approximate surface area is 123 Å². The summed E-state index contributed by atoms with van der Waals surface area (Å²) in [6.07, 6.45) is 0. The van der Waals surface area contributed by atoms with Crippen LogP contribution in [0.5, 0.6) is 11.5 Å². The maximum absolute atomic E-state index is 10.8. The second-order valence-electron chi connectivity index (χ2n) is 5.00. The number of hydrogen-bond acceptors (Lipinski definition) is 4. The summed E-state index contributed by atoms with van der Waals surface area (Å²) >= 11 is 0. The molecule has 110 valence electrons. The first-order valence-electron chi connectivity index (χ1n) is 6.68. The van der Waals surface area contributed by atoms with Crippen molar-refractivity contribution in [1.82, 2.24) is 0 Å². The molecule has 5 heteroatoms. The molecule has 0 amide bonds. The molecule has 21 heavy (non-hydrogen) atoms. The summed E-state index contributed by atoms with van der Waals surface area (Å²) in [5.41, 5.74) is 1.37. The zero-order valence-corrected chi connectivity index (χ0v) is 11.9. The number of benzene rings is 2. The van der Waals surface area contributed by atoms with Crippen molar-refractivity contribution in [2.75, 3.05) is 0 Å². The van der Waals surface area contributed by atoms with Crippen LogP contribution in [0.25, 0.3) is 0 Å². The molecule has 0 fully saturated rings. The maximum Gasteiger partial charge on any atom is 0.270 e. The molecule has 0 saturated carbocycles. The van der Waals surface area contributed by atoms with Crippen LogP contribution in [-0.4, -0.2) is 10.0 Å². The van der Waals surface area contributed by atoms with Crippen molar-refractivity contribution < 1.29 is 14.8 Å². The van der Waals surface area contributed by atoms with Crippen molar-refractivity contribution in [3.8, 4) is 11.5 Å². The van der Waals surface area contributed by atoms with E-state index in [4.69, 9.17) is 4.74 Å². The molecule has 0 aliphatic rings. The third kappa shape index (κ3) is 3.38. The molecule has 0 radical (unpaired) electrons. The van der Waals surface area contributed by atoms with Gasteiger partial charge in [0, 0.05) is 17.7 Å². The Morgan fingerprint density at radius 2 is 1.90 bits per heavy atom. The van der Waals surface area contributed by atoms with E-state index in [1.165, 1.54) is 18.2 Å². The summed E-state index contributed by atoms with van der Waals surface area (Å²) in [5, 5.41) is 20.1. The number of rotatable bonds is 5. The van der Waals surface area contributed by atoms with Gasteiger partial charge in [-0.3, -0.25) is 10.1 Å². The lowest BCUT2D eigenvalue weighted by Gasteiger charge is -2.15. The first kappa shape index (κ1) is 15.0. The van der Waals surface area contributed by atoms with Crippen LogP contribution in [0.3, 0.4) is 0 Å². The van der Waals surface area contributed by atoms with E-state index in [-0.39, 0.29) is 18.2 Å². The molecule has 1 N–H and O–H groups in total. The van der Waals surface area contributed by atoms with Gasteiger partial charge in [-0.25, -0.2) is 0 Å². The van der Waals surface area contributed by atoms with Crippen molar-refractivity contribution in [2.45, 2.75) is 26.4 Å². The fourth-order valence-corrected chi connectivity index (χ4v) is 2.07. The van der Waals surface area contributed by atoms with Gasteiger partial charge in [-0.15, -0.1) is 0 Å². The summed E-state index contributed by atoms with van der Waals surface area (Å²) in [5.74, 6) is 1.41. The standard InChI is InChI=1S/C16H17NO4/c1-11(2)14-5-3-4-6-16(14)21-15-8-7-13(17(19)20)9-12(15)10-18/h3-9,11,18H,10H2,1-2H3. The normalized spacial score (nSPS) is 10.7. The van der Waals surface area contributed by atoms with E-state index in [1.54, 1.807) is 0 Å². The Kier molecular flexibility index (Phi) is 4.55. The van der Waals surface area contributed by atoms with E-state index >= 15 is 0 Å². The average molecular weight is 287 g/mol. The highest BCUT2D eigenvalue weighted by molar-refractivity contribution is 5.47. The van der Waals surface area contributed by atoms with E-state index in [9.17, 15) is 15.2 Å². The monoisotopic (exact) mass is 287 g/mol. The minimum absolute atomic E-state index is 0.0662. The Balaban J connectivity index is 2.38. The van der Waals surface area contributed by atoms with E-state index < -0.39 is 4.92 Å². The van der Waals surface area contributed by atoms with Crippen molar-refractivity contribution in [2.24, 2.45) is 0 Å². The molecule has 0 atom stereocenters. The van der Waals surface area contributed by atoms with Crippen molar-refractivity contribution in [3.63, 3.8) is 0 Å². The Morgan fingerprint density at radius 1 is 1.19 bits per heavy atom. The quantitative estimate of drug-likeness (QED) is 0.666. The summed E-state index contributed by atoms with van der Waals surface area (Å²) in [6.45, 7) is 3.80. The molecule has 0 spiro atoms. The summed E-state index contributed by atoms with van der Waals surface area (Å²) in [7, 11) is 0. The molecule has 0 unspecified atom stereocenters. The predicted molar refractivity (Wildman–Crippen MR) is 79.6 cm³/mol. The largest absolute Gasteiger partial charge is 0.457 e. The zero-order valence-electron chi connectivity index (χ0n) is 11.9. The SMILES string of the molecule is CC(C)c1ccccc1Oc1ccc([N+](=O)[O-])cc1CO. The highest BCUT2D eigenvalue weighted by Crippen LogP contribution is 2.33. The highest BCUT2D eigenvalue weighted by Gasteiger charge is 2.14. The molecular formula is C16H17NO4. The second kappa shape index (κ2) is 6.37. The topological polar surface area (TPSA) is 72.6 Å². The van der Waals surface area contributed by atoms with Gasteiger partial charge >= 0.3 is 0 Å².